The highest BCUT2D eigenvalue weighted by Gasteiger charge is 2.30. The number of hydrogen-bond acceptors (Lipinski definition) is 5. The molecule has 0 radical (unpaired) electrons. The van der Waals surface area contributed by atoms with E-state index in [1.165, 1.54) is 32.8 Å². The van der Waals surface area contributed by atoms with Crippen molar-refractivity contribution in [2.45, 2.75) is 38.1 Å². The van der Waals surface area contributed by atoms with Gasteiger partial charge in [0, 0.05) is 11.6 Å². The van der Waals surface area contributed by atoms with Crippen LogP contribution in [0, 0.1) is 17.2 Å². The van der Waals surface area contributed by atoms with E-state index in [4.69, 9.17) is 9.47 Å². The van der Waals surface area contributed by atoms with Crippen LogP contribution in [0.3, 0.4) is 0 Å². The molecule has 6 nitrogen and oxygen atoms in total. The van der Waals surface area contributed by atoms with Gasteiger partial charge in [-0.25, -0.2) is 0 Å². The van der Waals surface area contributed by atoms with E-state index in [0.29, 0.717) is 11.5 Å². The van der Waals surface area contributed by atoms with Crippen molar-refractivity contribution < 1.29 is 19.1 Å². The lowest BCUT2D eigenvalue weighted by atomic mass is 9.93. The molecule has 24 heavy (non-hydrogen) atoms. The number of carbonyl (C=O) groups is 2. The first-order chi connectivity index (χ1) is 11.6. The molecule has 1 aromatic carbocycles. The summed E-state index contributed by atoms with van der Waals surface area (Å²) in [5.74, 6) is -1.55. The third kappa shape index (κ3) is 4.05. The smallest absolute Gasteiger partial charge is 0.245 e. The second-order valence-corrected chi connectivity index (χ2v) is 5.84. The highest BCUT2D eigenvalue weighted by Crippen LogP contribution is 2.28. The average Bonchev–Trinajstić information content (AvgIpc) is 2.62. The van der Waals surface area contributed by atoms with Crippen LogP contribution in [0.5, 0.6) is 11.5 Å². The Morgan fingerprint density at radius 2 is 1.83 bits per heavy atom. The quantitative estimate of drug-likeness (QED) is 0.639. The van der Waals surface area contributed by atoms with Gasteiger partial charge in [0.05, 0.1) is 20.3 Å². The first kappa shape index (κ1) is 17.8. The number of nitrogens with one attached hydrogen (secondary N) is 1. The van der Waals surface area contributed by atoms with Gasteiger partial charge in [-0.1, -0.05) is 19.3 Å². The van der Waals surface area contributed by atoms with Gasteiger partial charge in [-0.15, -0.1) is 0 Å². The van der Waals surface area contributed by atoms with E-state index in [1.54, 1.807) is 6.07 Å². The van der Waals surface area contributed by atoms with E-state index in [-0.39, 0.29) is 11.6 Å². The zero-order chi connectivity index (χ0) is 17.5. The largest absolute Gasteiger partial charge is 0.493 e. The summed E-state index contributed by atoms with van der Waals surface area (Å²) in [5.41, 5.74) is 0.248. The lowest BCUT2D eigenvalue weighted by molar-refractivity contribution is -0.123. The minimum Gasteiger partial charge on any atom is -0.493 e. The maximum absolute atomic E-state index is 12.5. The minimum absolute atomic E-state index is 0.0558. The van der Waals surface area contributed by atoms with E-state index in [9.17, 15) is 14.9 Å². The summed E-state index contributed by atoms with van der Waals surface area (Å²) >= 11 is 0. The highest BCUT2D eigenvalue weighted by atomic mass is 16.5. The number of hydrogen-bond donors (Lipinski definition) is 1. The van der Waals surface area contributed by atoms with Crippen LogP contribution in [0.1, 0.15) is 42.5 Å². The van der Waals surface area contributed by atoms with E-state index in [2.05, 4.69) is 5.32 Å². The standard InChI is InChI=1S/C18H22N2O4/c1-23-15-9-8-12(10-16(15)24-2)17(21)14(11-19)18(22)20-13-6-4-3-5-7-13/h8-10,13-14H,3-7H2,1-2H3,(H,20,22)/t14-/m0/s1. The first-order valence-corrected chi connectivity index (χ1v) is 8.07. The van der Waals surface area contributed by atoms with E-state index < -0.39 is 17.6 Å². The van der Waals surface area contributed by atoms with Crippen LogP contribution in [0.2, 0.25) is 0 Å². The summed E-state index contributed by atoms with van der Waals surface area (Å²) in [6.45, 7) is 0. The van der Waals surface area contributed by atoms with Crippen molar-refractivity contribution in [3.63, 3.8) is 0 Å². The van der Waals surface area contributed by atoms with Gasteiger partial charge in [0.2, 0.25) is 5.91 Å². The molecule has 1 atom stereocenters. The number of amides is 1. The second kappa shape index (κ2) is 8.34. The fourth-order valence-electron chi connectivity index (χ4n) is 2.92. The number of carbonyl (C=O) groups excluding carboxylic acids is 2. The number of ether oxygens (including phenoxy) is 2. The molecule has 1 aliphatic rings. The van der Waals surface area contributed by atoms with Crippen molar-refractivity contribution >= 4 is 11.7 Å². The SMILES string of the molecule is COc1ccc(C(=O)[C@H](C#N)C(=O)NC2CCCCC2)cc1OC. The molecule has 1 aromatic rings. The molecule has 1 aliphatic carbocycles. The third-order valence-electron chi connectivity index (χ3n) is 4.27. The van der Waals surface area contributed by atoms with Crippen molar-refractivity contribution in [3.8, 4) is 17.6 Å². The van der Waals surface area contributed by atoms with Gasteiger partial charge in [-0.3, -0.25) is 9.59 Å². The summed E-state index contributed by atoms with van der Waals surface area (Å²) in [4.78, 5) is 24.9. The number of rotatable bonds is 6. The van der Waals surface area contributed by atoms with Crippen LogP contribution in [0.15, 0.2) is 18.2 Å². The highest BCUT2D eigenvalue weighted by molar-refractivity contribution is 6.12. The van der Waals surface area contributed by atoms with Crippen molar-refractivity contribution in [2.24, 2.45) is 5.92 Å². The zero-order valence-corrected chi connectivity index (χ0v) is 14.0. The number of ketones is 1. The molecule has 0 spiro atoms. The molecule has 6 heteroatoms. The number of nitrogens with zero attached hydrogens (tertiary/aromatic N) is 1. The molecule has 0 bridgehead atoms. The fraction of sp³-hybridized carbons (Fsp3) is 0.500. The van der Waals surface area contributed by atoms with Crippen molar-refractivity contribution in [1.82, 2.24) is 5.32 Å². The number of Topliss-reactive ketones (excluding diaryl/α,β-unsaturated/α-hetero) is 1. The Labute approximate surface area is 141 Å². The summed E-state index contributed by atoms with van der Waals surface area (Å²) in [7, 11) is 2.96. The molecule has 0 aliphatic heterocycles. The zero-order valence-electron chi connectivity index (χ0n) is 14.0. The monoisotopic (exact) mass is 330 g/mol. The predicted octanol–water partition coefficient (Wildman–Crippen LogP) is 2.48. The molecule has 0 aromatic heterocycles. The van der Waals surface area contributed by atoms with E-state index >= 15 is 0 Å². The Morgan fingerprint density at radius 1 is 1.17 bits per heavy atom. The number of nitriles is 1. The Balaban J connectivity index is 2.13. The molecule has 0 saturated heterocycles. The third-order valence-corrected chi connectivity index (χ3v) is 4.27. The van der Waals surface area contributed by atoms with Crippen LogP contribution >= 0.6 is 0 Å². The van der Waals surface area contributed by atoms with Crippen LogP contribution in [0.4, 0.5) is 0 Å². The van der Waals surface area contributed by atoms with E-state index in [0.717, 1.165) is 25.7 Å². The van der Waals surface area contributed by atoms with Gasteiger partial charge in [0.15, 0.2) is 23.2 Å². The fourth-order valence-corrected chi connectivity index (χ4v) is 2.92. The average molecular weight is 330 g/mol. The Kier molecular flexibility index (Phi) is 6.19. The van der Waals surface area contributed by atoms with Gasteiger partial charge in [0.1, 0.15) is 0 Å². The molecule has 1 N–H and O–H groups in total. The molecule has 0 unspecified atom stereocenters. The van der Waals surface area contributed by atoms with Crippen LogP contribution in [0.25, 0.3) is 0 Å². The lowest BCUT2D eigenvalue weighted by Gasteiger charge is -2.23. The van der Waals surface area contributed by atoms with Gasteiger partial charge >= 0.3 is 0 Å². The van der Waals surface area contributed by atoms with E-state index in [1.807, 2.05) is 6.07 Å². The summed E-state index contributed by atoms with van der Waals surface area (Å²) in [6, 6.07) is 6.48. The molecular weight excluding hydrogens is 308 g/mol. The van der Waals surface area contributed by atoms with Gasteiger partial charge < -0.3 is 14.8 Å². The topological polar surface area (TPSA) is 88.4 Å². The maximum Gasteiger partial charge on any atom is 0.245 e. The van der Waals surface area contributed by atoms with Gasteiger partial charge in [-0.05, 0) is 31.0 Å². The molecule has 128 valence electrons. The summed E-state index contributed by atoms with van der Waals surface area (Å²) in [5, 5.41) is 12.1. The normalized spacial score (nSPS) is 15.9. The Bertz CT molecular complexity index is 645. The molecule has 0 heterocycles. The van der Waals surface area contributed by atoms with Crippen LogP contribution in [-0.4, -0.2) is 32.0 Å². The summed E-state index contributed by atoms with van der Waals surface area (Å²) < 4.78 is 10.3. The molecular formula is C18H22N2O4. The van der Waals surface area contributed by atoms with Crippen LogP contribution < -0.4 is 14.8 Å². The van der Waals surface area contributed by atoms with Crippen molar-refractivity contribution in [2.75, 3.05) is 14.2 Å². The minimum atomic E-state index is -1.36. The van der Waals surface area contributed by atoms with Crippen LogP contribution in [-0.2, 0) is 4.79 Å². The van der Waals surface area contributed by atoms with Gasteiger partial charge in [-0.2, -0.15) is 5.26 Å². The van der Waals surface area contributed by atoms with Crippen molar-refractivity contribution in [1.29, 1.82) is 5.26 Å². The molecule has 1 fully saturated rings. The molecule has 1 saturated carbocycles. The number of methoxy groups -OCH3 is 2. The number of benzene rings is 1. The second-order valence-electron chi connectivity index (χ2n) is 5.84. The molecule has 1 amide bonds. The van der Waals surface area contributed by atoms with Crippen molar-refractivity contribution in [3.05, 3.63) is 23.8 Å². The van der Waals surface area contributed by atoms with Gasteiger partial charge in [0.25, 0.3) is 0 Å². The maximum atomic E-state index is 12.5. The Morgan fingerprint density at radius 3 is 2.42 bits per heavy atom. The predicted molar refractivity (Wildman–Crippen MR) is 88.0 cm³/mol. The first-order valence-electron chi connectivity index (χ1n) is 8.07. The Hall–Kier alpha value is -2.55. The summed E-state index contributed by atoms with van der Waals surface area (Å²) in [6.07, 6.45) is 5.08. The molecule has 2 rings (SSSR count). The lowest BCUT2D eigenvalue weighted by Crippen LogP contribution is -2.42.